The Labute approximate surface area is 120 Å². The first kappa shape index (κ1) is 14.7. The largest absolute Gasteiger partial charge is 0.487 e. The predicted molar refractivity (Wildman–Crippen MR) is 78.8 cm³/mol. The molecule has 1 aromatic carbocycles. The molecule has 0 aromatic heterocycles. The van der Waals surface area contributed by atoms with Crippen LogP contribution in [-0.2, 0) is 0 Å². The van der Waals surface area contributed by atoms with Crippen LogP contribution in [0.15, 0.2) is 18.2 Å². The number of ether oxygens (including phenoxy) is 1. The molecule has 1 heterocycles. The van der Waals surface area contributed by atoms with Gasteiger partial charge < -0.3 is 9.84 Å². The highest BCUT2D eigenvalue weighted by Gasteiger charge is 2.36. The summed E-state index contributed by atoms with van der Waals surface area (Å²) in [5.41, 5.74) is 0.562. The third-order valence-electron chi connectivity index (χ3n) is 3.87. The Kier molecular flexibility index (Phi) is 4.75. The highest BCUT2D eigenvalue weighted by Crippen LogP contribution is 2.42. The lowest BCUT2D eigenvalue weighted by atomic mass is 9.86. The second-order valence-corrected chi connectivity index (χ2v) is 6.20. The van der Waals surface area contributed by atoms with Crippen molar-refractivity contribution in [3.05, 3.63) is 28.8 Å². The van der Waals surface area contributed by atoms with Crippen LogP contribution in [0.2, 0.25) is 5.02 Å². The fourth-order valence-electron chi connectivity index (χ4n) is 2.78. The van der Waals surface area contributed by atoms with Gasteiger partial charge in [0.1, 0.15) is 11.4 Å². The van der Waals surface area contributed by atoms with E-state index in [0.717, 1.165) is 24.2 Å². The number of halogens is 1. The summed E-state index contributed by atoms with van der Waals surface area (Å²) in [5, 5.41) is 10.9. The molecule has 1 N–H and O–H groups in total. The molecule has 1 aromatic rings. The topological polar surface area (TPSA) is 29.5 Å². The van der Waals surface area contributed by atoms with Crippen LogP contribution in [0.3, 0.4) is 0 Å². The number of hydrogen-bond donors (Lipinski definition) is 1. The normalized spacial score (nSPS) is 25.8. The molecular weight excluding hydrogens is 260 g/mol. The van der Waals surface area contributed by atoms with Crippen LogP contribution in [0.1, 0.15) is 64.0 Å². The number of unbranched alkanes of at least 4 members (excludes halogenated alkanes) is 3. The maximum absolute atomic E-state index is 10.3. The van der Waals surface area contributed by atoms with Crippen molar-refractivity contribution in [1.29, 1.82) is 0 Å². The molecule has 3 heteroatoms. The molecule has 2 rings (SSSR count). The van der Waals surface area contributed by atoms with Gasteiger partial charge in [-0.3, -0.25) is 0 Å². The summed E-state index contributed by atoms with van der Waals surface area (Å²) < 4.78 is 6.11. The fraction of sp³-hybridized carbons (Fsp3) is 0.625. The van der Waals surface area contributed by atoms with Gasteiger partial charge in [-0.1, -0.05) is 37.8 Å². The van der Waals surface area contributed by atoms with Crippen LogP contribution in [0.25, 0.3) is 0 Å². The van der Waals surface area contributed by atoms with Gasteiger partial charge in [0.05, 0.1) is 6.10 Å². The molecule has 106 valence electrons. The summed E-state index contributed by atoms with van der Waals surface area (Å²) >= 11 is 5.96. The molecular formula is C16H23ClO2. The summed E-state index contributed by atoms with van der Waals surface area (Å²) in [6.45, 7) is 4.31. The van der Waals surface area contributed by atoms with E-state index in [0.29, 0.717) is 11.4 Å². The van der Waals surface area contributed by atoms with Crippen LogP contribution < -0.4 is 4.74 Å². The van der Waals surface area contributed by atoms with Crippen molar-refractivity contribution in [2.24, 2.45) is 0 Å². The Morgan fingerprint density at radius 2 is 2.16 bits per heavy atom. The Bertz CT molecular complexity index is 433. The van der Waals surface area contributed by atoms with Gasteiger partial charge in [-0.25, -0.2) is 0 Å². The van der Waals surface area contributed by atoms with Gasteiger partial charge in [-0.2, -0.15) is 0 Å². The fourth-order valence-corrected chi connectivity index (χ4v) is 2.96. The first-order valence-corrected chi connectivity index (χ1v) is 7.58. The molecule has 2 atom stereocenters. The van der Waals surface area contributed by atoms with Gasteiger partial charge in [-0.05, 0) is 38.0 Å². The summed E-state index contributed by atoms with van der Waals surface area (Å²) in [7, 11) is 0. The highest BCUT2D eigenvalue weighted by molar-refractivity contribution is 6.30. The second-order valence-electron chi connectivity index (χ2n) is 5.76. The van der Waals surface area contributed by atoms with Crippen molar-refractivity contribution in [2.75, 3.05) is 0 Å². The summed E-state index contributed by atoms with van der Waals surface area (Å²) in [5.74, 6) is 0.779. The van der Waals surface area contributed by atoms with E-state index in [1.54, 1.807) is 6.07 Å². The summed E-state index contributed by atoms with van der Waals surface area (Å²) in [4.78, 5) is 0. The average Bonchev–Trinajstić information content (AvgIpc) is 2.36. The van der Waals surface area contributed by atoms with Crippen LogP contribution in [0.4, 0.5) is 0 Å². The molecule has 0 aliphatic carbocycles. The smallest absolute Gasteiger partial charge is 0.126 e. The lowest BCUT2D eigenvalue weighted by Gasteiger charge is -2.38. The molecule has 2 unspecified atom stereocenters. The standard InChI is InChI=1S/C16H23ClO2/c1-3-4-5-6-9-16(2)11-14(18)13-10-12(17)7-8-15(13)19-16/h7-8,10,14,18H,3-6,9,11H2,1-2H3. The van der Waals surface area contributed by atoms with Gasteiger partial charge in [0.15, 0.2) is 0 Å². The van der Waals surface area contributed by atoms with Crippen molar-refractivity contribution < 1.29 is 9.84 Å². The van der Waals surface area contributed by atoms with E-state index in [2.05, 4.69) is 13.8 Å². The third kappa shape index (κ3) is 3.64. The Balaban J connectivity index is 2.04. The molecule has 1 aliphatic heterocycles. The first-order chi connectivity index (χ1) is 9.04. The molecule has 19 heavy (non-hydrogen) atoms. The van der Waals surface area contributed by atoms with Crippen LogP contribution in [0.5, 0.6) is 5.75 Å². The van der Waals surface area contributed by atoms with Gasteiger partial charge in [-0.15, -0.1) is 0 Å². The lowest BCUT2D eigenvalue weighted by molar-refractivity contribution is -0.00847. The van der Waals surface area contributed by atoms with Gasteiger partial charge in [0, 0.05) is 17.0 Å². The molecule has 0 fully saturated rings. The van der Waals surface area contributed by atoms with E-state index in [-0.39, 0.29) is 5.60 Å². The molecule has 2 nitrogen and oxygen atoms in total. The molecule has 0 bridgehead atoms. The lowest BCUT2D eigenvalue weighted by Crippen LogP contribution is -2.38. The minimum Gasteiger partial charge on any atom is -0.487 e. The summed E-state index contributed by atoms with van der Waals surface area (Å²) in [6.07, 6.45) is 6.06. The van der Waals surface area contributed by atoms with E-state index in [1.165, 1.54) is 19.3 Å². The van der Waals surface area contributed by atoms with Crippen molar-refractivity contribution in [1.82, 2.24) is 0 Å². The minimum absolute atomic E-state index is 0.256. The second kappa shape index (κ2) is 6.15. The average molecular weight is 283 g/mol. The van der Waals surface area contributed by atoms with Crippen LogP contribution in [0, 0.1) is 0 Å². The summed E-state index contributed by atoms with van der Waals surface area (Å²) in [6, 6.07) is 5.48. The minimum atomic E-state index is -0.473. The van der Waals surface area contributed by atoms with E-state index in [9.17, 15) is 5.11 Å². The molecule has 0 saturated heterocycles. The zero-order chi connectivity index (χ0) is 13.9. The van der Waals surface area contributed by atoms with Gasteiger partial charge >= 0.3 is 0 Å². The van der Waals surface area contributed by atoms with E-state index < -0.39 is 6.10 Å². The number of rotatable bonds is 5. The van der Waals surface area contributed by atoms with E-state index in [1.807, 2.05) is 12.1 Å². The number of aliphatic hydroxyl groups excluding tert-OH is 1. The SMILES string of the molecule is CCCCCCC1(C)CC(O)c2cc(Cl)ccc2O1. The van der Waals surface area contributed by atoms with Gasteiger partial charge in [0.25, 0.3) is 0 Å². The van der Waals surface area contributed by atoms with Crippen molar-refractivity contribution in [3.63, 3.8) is 0 Å². The molecule has 0 saturated carbocycles. The monoisotopic (exact) mass is 282 g/mol. The predicted octanol–water partition coefficient (Wildman–Crippen LogP) is 4.89. The number of benzene rings is 1. The number of fused-ring (bicyclic) bond motifs is 1. The zero-order valence-electron chi connectivity index (χ0n) is 11.8. The first-order valence-electron chi connectivity index (χ1n) is 7.20. The van der Waals surface area contributed by atoms with Crippen molar-refractivity contribution in [2.45, 2.75) is 64.1 Å². The van der Waals surface area contributed by atoms with Crippen molar-refractivity contribution >= 4 is 11.6 Å². The number of hydrogen-bond acceptors (Lipinski definition) is 2. The Hall–Kier alpha value is -0.730. The quantitative estimate of drug-likeness (QED) is 0.780. The molecule has 0 radical (unpaired) electrons. The van der Waals surface area contributed by atoms with E-state index in [4.69, 9.17) is 16.3 Å². The van der Waals surface area contributed by atoms with Gasteiger partial charge in [0.2, 0.25) is 0 Å². The molecule has 1 aliphatic rings. The maximum Gasteiger partial charge on any atom is 0.126 e. The van der Waals surface area contributed by atoms with E-state index >= 15 is 0 Å². The Morgan fingerprint density at radius 3 is 2.89 bits per heavy atom. The maximum atomic E-state index is 10.3. The molecule has 0 amide bonds. The number of aliphatic hydroxyl groups is 1. The zero-order valence-corrected chi connectivity index (χ0v) is 12.5. The van der Waals surface area contributed by atoms with Crippen LogP contribution in [-0.4, -0.2) is 10.7 Å². The highest BCUT2D eigenvalue weighted by atomic mass is 35.5. The molecule has 0 spiro atoms. The van der Waals surface area contributed by atoms with Crippen molar-refractivity contribution in [3.8, 4) is 5.75 Å². The van der Waals surface area contributed by atoms with Crippen LogP contribution >= 0.6 is 11.6 Å². The Morgan fingerprint density at radius 1 is 1.37 bits per heavy atom. The third-order valence-corrected chi connectivity index (χ3v) is 4.11.